The lowest BCUT2D eigenvalue weighted by atomic mass is 9.86. The van der Waals surface area contributed by atoms with E-state index in [2.05, 4.69) is 25.3 Å². The first-order chi connectivity index (χ1) is 14.4. The Kier molecular flexibility index (Phi) is 7.87. The zero-order valence-corrected chi connectivity index (χ0v) is 18.5. The fourth-order valence-electron chi connectivity index (χ4n) is 3.03. The normalized spacial score (nSPS) is 15.1. The molecular weight excluding hydrogens is 402 g/mol. The minimum Gasteiger partial charge on any atom is -0.444 e. The second-order valence-electron chi connectivity index (χ2n) is 7.60. The molecule has 0 aliphatic heterocycles. The summed E-state index contributed by atoms with van der Waals surface area (Å²) in [5.41, 5.74) is 2.80. The van der Waals surface area contributed by atoms with Gasteiger partial charge >= 0.3 is 0 Å². The van der Waals surface area contributed by atoms with E-state index in [-0.39, 0.29) is 12.3 Å². The lowest BCUT2D eigenvalue weighted by Crippen LogP contribution is -2.42. The Morgan fingerprint density at radius 3 is 2.67 bits per heavy atom. The molecule has 1 heterocycles. The van der Waals surface area contributed by atoms with Crippen LogP contribution in [0.2, 0.25) is 0 Å². The zero-order chi connectivity index (χ0) is 21.4. The molecule has 2 aromatic rings. The maximum absolute atomic E-state index is 12.1. The van der Waals surface area contributed by atoms with Crippen molar-refractivity contribution in [1.82, 2.24) is 20.3 Å². The van der Waals surface area contributed by atoms with E-state index in [0.717, 1.165) is 18.4 Å². The molecule has 1 fully saturated rings. The lowest BCUT2D eigenvalue weighted by molar-refractivity contribution is 0.316. The first-order valence-corrected chi connectivity index (χ1v) is 12.1. The van der Waals surface area contributed by atoms with Gasteiger partial charge in [-0.05, 0) is 44.7 Å². The fourth-order valence-corrected chi connectivity index (χ4v) is 4.03. The van der Waals surface area contributed by atoms with Gasteiger partial charge in [0.2, 0.25) is 15.9 Å². The highest BCUT2D eigenvalue weighted by Crippen LogP contribution is 2.25. The summed E-state index contributed by atoms with van der Waals surface area (Å²) in [7, 11) is -3.28. The van der Waals surface area contributed by atoms with Crippen LogP contribution in [0.15, 0.2) is 39.9 Å². The number of guanidine groups is 1. The number of nitrogens with one attached hydrogen (secondary N) is 3. The average Bonchev–Trinajstić information content (AvgIpc) is 3.14. The number of rotatable bonds is 10. The van der Waals surface area contributed by atoms with Crippen LogP contribution in [0.4, 0.5) is 0 Å². The van der Waals surface area contributed by atoms with Crippen LogP contribution in [-0.4, -0.2) is 44.7 Å². The van der Waals surface area contributed by atoms with Crippen molar-refractivity contribution < 1.29 is 12.8 Å². The van der Waals surface area contributed by atoms with Crippen LogP contribution in [-0.2, 0) is 16.6 Å². The highest BCUT2D eigenvalue weighted by atomic mass is 32.2. The summed E-state index contributed by atoms with van der Waals surface area (Å²) in [6.45, 7) is 5.82. The molecule has 164 valence electrons. The van der Waals surface area contributed by atoms with Crippen molar-refractivity contribution in [2.45, 2.75) is 39.7 Å². The molecule has 0 radical (unpaired) electrons. The maximum atomic E-state index is 12.1. The summed E-state index contributed by atoms with van der Waals surface area (Å²) in [5.74, 6) is 1.61. The monoisotopic (exact) mass is 433 g/mol. The summed E-state index contributed by atoms with van der Waals surface area (Å²) < 4.78 is 32.5. The molecule has 1 saturated carbocycles. The van der Waals surface area contributed by atoms with Crippen molar-refractivity contribution in [1.29, 1.82) is 0 Å². The SMILES string of the molecule is CCNC(=NCc1coc(-c2ccc(C)cc2)n1)NCCS(=O)(=O)NCC1CCC1. The van der Waals surface area contributed by atoms with Gasteiger partial charge in [-0.2, -0.15) is 0 Å². The Labute approximate surface area is 178 Å². The van der Waals surface area contributed by atoms with E-state index < -0.39 is 10.0 Å². The van der Waals surface area contributed by atoms with E-state index >= 15 is 0 Å². The van der Waals surface area contributed by atoms with Crippen molar-refractivity contribution in [3.05, 3.63) is 41.8 Å². The predicted molar refractivity (Wildman–Crippen MR) is 119 cm³/mol. The first kappa shape index (κ1) is 22.3. The fraction of sp³-hybridized carbons (Fsp3) is 0.524. The molecule has 0 amide bonds. The number of aliphatic imine (C=N–C) groups is 1. The Morgan fingerprint density at radius 2 is 2.00 bits per heavy atom. The molecule has 0 unspecified atom stereocenters. The second kappa shape index (κ2) is 10.6. The topological polar surface area (TPSA) is 109 Å². The third-order valence-electron chi connectivity index (χ3n) is 5.07. The van der Waals surface area contributed by atoms with Crippen molar-refractivity contribution in [3.8, 4) is 11.5 Å². The molecule has 0 bridgehead atoms. The average molecular weight is 434 g/mol. The summed E-state index contributed by atoms with van der Waals surface area (Å²) in [4.78, 5) is 8.96. The number of hydrogen-bond donors (Lipinski definition) is 3. The number of benzene rings is 1. The molecular formula is C21H31N5O3S. The quantitative estimate of drug-likeness (QED) is 0.392. The van der Waals surface area contributed by atoms with Crippen LogP contribution in [0.5, 0.6) is 0 Å². The molecule has 3 rings (SSSR count). The van der Waals surface area contributed by atoms with Crippen molar-refractivity contribution >= 4 is 16.0 Å². The number of nitrogens with zero attached hydrogens (tertiary/aromatic N) is 2. The summed E-state index contributed by atoms with van der Waals surface area (Å²) in [6, 6.07) is 7.97. The third kappa shape index (κ3) is 6.84. The van der Waals surface area contributed by atoms with Gasteiger partial charge in [0.15, 0.2) is 5.96 Å². The maximum Gasteiger partial charge on any atom is 0.226 e. The molecule has 9 heteroatoms. The van der Waals surface area contributed by atoms with Crippen LogP contribution in [0.25, 0.3) is 11.5 Å². The van der Waals surface area contributed by atoms with Gasteiger partial charge in [-0.3, -0.25) is 0 Å². The number of sulfonamides is 1. The minimum atomic E-state index is -3.28. The Morgan fingerprint density at radius 1 is 1.23 bits per heavy atom. The van der Waals surface area contributed by atoms with Gasteiger partial charge in [0.05, 0.1) is 12.3 Å². The smallest absolute Gasteiger partial charge is 0.226 e. The summed E-state index contributed by atoms with van der Waals surface area (Å²) in [6.07, 6.45) is 5.03. The van der Waals surface area contributed by atoms with Crippen molar-refractivity contribution in [3.63, 3.8) is 0 Å². The van der Waals surface area contributed by atoms with Crippen LogP contribution in [0.1, 0.15) is 37.4 Å². The molecule has 1 aliphatic carbocycles. The second-order valence-corrected chi connectivity index (χ2v) is 9.52. The summed E-state index contributed by atoms with van der Waals surface area (Å²) in [5, 5.41) is 6.19. The Bertz CT molecular complexity index is 934. The van der Waals surface area contributed by atoms with Gasteiger partial charge in [-0.25, -0.2) is 23.1 Å². The van der Waals surface area contributed by atoms with E-state index in [0.29, 0.717) is 43.1 Å². The van der Waals surface area contributed by atoms with Gasteiger partial charge in [-0.15, -0.1) is 0 Å². The number of aryl methyl sites for hydroxylation is 1. The van der Waals surface area contributed by atoms with E-state index in [4.69, 9.17) is 4.42 Å². The summed E-state index contributed by atoms with van der Waals surface area (Å²) >= 11 is 0. The van der Waals surface area contributed by atoms with Gasteiger partial charge in [-0.1, -0.05) is 24.1 Å². The van der Waals surface area contributed by atoms with E-state index in [1.54, 1.807) is 6.26 Å². The highest BCUT2D eigenvalue weighted by molar-refractivity contribution is 7.89. The minimum absolute atomic E-state index is 0.00562. The molecule has 30 heavy (non-hydrogen) atoms. The predicted octanol–water partition coefficient (Wildman–Crippen LogP) is 2.42. The van der Waals surface area contributed by atoms with Crippen molar-refractivity contribution in [2.24, 2.45) is 10.9 Å². The van der Waals surface area contributed by atoms with Crippen LogP contribution >= 0.6 is 0 Å². The van der Waals surface area contributed by atoms with Crippen LogP contribution < -0.4 is 15.4 Å². The molecule has 1 aliphatic rings. The highest BCUT2D eigenvalue weighted by Gasteiger charge is 2.20. The van der Waals surface area contributed by atoms with Crippen LogP contribution in [0, 0.1) is 12.8 Å². The molecule has 0 spiro atoms. The largest absolute Gasteiger partial charge is 0.444 e. The van der Waals surface area contributed by atoms with Crippen molar-refractivity contribution in [2.75, 3.05) is 25.4 Å². The molecule has 1 aromatic carbocycles. The third-order valence-corrected chi connectivity index (χ3v) is 6.42. The standard InChI is InChI=1S/C21H31N5O3S/c1-3-22-21(23-11-12-30(27,28)25-13-17-5-4-6-17)24-14-19-15-29-20(26-19)18-9-7-16(2)8-10-18/h7-10,15,17,25H,3-6,11-14H2,1-2H3,(H2,22,23,24). The number of hydrogen-bond acceptors (Lipinski definition) is 5. The van der Waals surface area contributed by atoms with Gasteiger partial charge < -0.3 is 15.1 Å². The number of aromatic nitrogens is 1. The van der Waals surface area contributed by atoms with E-state index in [1.807, 2.05) is 38.1 Å². The molecule has 8 nitrogen and oxygen atoms in total. The number of oxazole rings is 1. The van der Waals surface area contributed by atoms with Gasteiger partial charge in [0, 0.05) is 25.2 Å². The molecule has 0 atom stereocenters. The Hall–Kier alpha value is -2.39. The molecule has 3 N–H and O–H groups in total. The molecule has 0 saturated heterocycles. The lowest BCUT2D eigenvalue weighted by Gasteiger charge is -2.25. The van der Waals surface area contributed by atoms with Gasteiger partial charge in [0.1, 0.15) is 12.0 Å². The van der Waals surface area contributed by atoms with E-state index in [1.165, 1.54) is 12.0 Å². The molecule has 1 aromatic heterocycles. The van der Waals surface area contributed by atoms with Crippen LogP contribution in [0.3, 0.4) is 0 Å². The Balaban J connectivity index is 1.49. The van der Waals surface area contributed by atoms with Gasteiger partial charge in [0.25, 0.3) is 0 Å². The van der Waals surface area contributed by atoms with E-state index in [9.17, 15) is 8.42 Å². The first-order valence-electron chi connectivity index (χ1n) is 10.5. The zero-order valence-electron chi connectivity index (χ0n) is 17.6.